The predicted octanol–water partition coefficient (Wildman–Crippen LogP) is -0.652. The number of rotatable bonds is 1. The van der Waals surface area contributed by atoms with Crippen molar-refractivity contribution in [3.8, 4) is 0 Å². The molecule has 0 spiro atoms. The quantitative estimate of drug-likeness (QED) is 0.206. The average Bonchev–Trinajstić information content (AvgIpc) is 1.95. The maximum absolute atomic E-state index is 5.53. The summed E-state index contributed by atoms with van der Waals surface area (Å²) in [5.41, 5.74) is 9.64. The second-order valence-corrected chi connectivity index (χ2v) is 1.95. The van der Waals surface area contributed by atoms with Gasteiger partial charge in [0, 0.05) is 5.69 Å². The van der Waals surface area contributed by atoms with Crippen molar-refractivity contribution >= 4 is 24.7 Å². The Bertz CT molecular complexity index is 236. The molecular weight excluding hydrogens is 125 g/mol. The minimum absolute atomic E-state index is 0.491. The van der Waals surface area contributed by atoms with Crippen LogP contribution in [-0.2, 0) is 0 Å². The van der Waals surface area contributed by atoms with Crippen molar-refractivity contribution in [1.82, 2.24) is 0 Å². The van der Waals surface area contributed by atoms with Gasteiger partial charge < -0.3 is 11.2 Å². The molecule has 0 aliphatic rings. The van der Waals surface area contributed by atoms with Gasteiger partial charge in [-0.15, -0.1) is 0 Å². The van der Waals surface area contributed by atoms with E-state index in [9.17, 15) is 0 Å². The first-order valence-corrected chi connectivity index (χ1v) is 2.86. The number of hydrogen-bond donors (Lipinski definition) is 3. The Morgan fingerprint density at radius 3 is 2.60 bits per heavy atom. The molecule has 0 unspecified atom stereocenters. The summed E-state index contributed by atoms with van der Waals surface area (Å²) in [5.74, 6) is 5.13. The van der Waals surface area contributed by atoms with Gasteiger partial charge >= 0.3 is 0 Å². The van der Waals surface area contributed by atoms with Crippen LogP contribution >= 0.6 is 0 Å². The Morgan fingerprint density at radius 2 is 2.10 bits per heavy atom. The van der Waals surface area contributed by atoms with Gasteiger partial charge in [-0.25, -0.2) is 0 Å². The van der Waals surface area contributed by atoms with Gasteiger partial charge in [0.05, 0.1) is 5.69 Å². The summed E-state index contributed by atoms with van der Waals surface area (Å²) in [7, 11) is 5.48. The van der Waals surface area contributed by atoms with E-state index in [2.05, 4.69) is 5.43 Å². The highest BCUT2D eigenvalue weighted by Crippen LogP contribution is 2.11. The summed E-state index contributed by atoms with van der Waals surface area (Å²) in [6.45, 7) is 0. The van der Waals surface area contributed by atoms with Crippen LogP contribution in [0.15, 0.2) is 18.2 Å². The molecule has 1 rings (SSSR count). The van der Waals surface area contributed by atoms with Crippen molar-refractivity contribution in [2.75, 3.05) is 11.2 Å². The molecule has 5 N–H and O–H groups in total. The summed E-state index contributed by atoms with van der Waals surface area (Å²) in [6.07, 6.45) is 0. The highest BCUT2D eigenvalue weighted by Gasteiger charge is 1.96. The minimum Gasteiger partial charge on any atom is -0.397 e. The van der Waals surface area contributed by atoms with Gasteiger partial charge in [-0.05, 0) is 6.07 Å². The summed E-state index contributed by atoms with van der Waals surface area (Å²) in [6, 6.07) is 5.25. The van der Waals surface area contributed by atoms with Gasteiger partial charge in [-0.1, -0.05) is 17.6 Å². The van der Waals surface area contributed by atoms with E-state index in [0.717, 1.165) is 0 Å². The molecule has 0 aliphatic heterocycles. The van der Waals surface area contributed by atoms with Gasteiger partial charge in [0.1, 0.15) is 7.85 Å². The van der Waals surface area contributed by atoms with E-state index in [4.69, 9.17) is 19.4 Å². The summed E-state index contributed by atoms with van der Waals surface area (Å²) < 4.78 is 0. The maximum atomic E-state index is 5.53. The van der Waals surface area contributed by atoms with E-state index in [0.29, 0.717) is 16.8 Å². The zero-order chi connectivity index (χ0) is 7.56. The zero-order valence-electron chi connectivity index (χ0n) is 5.46. The van der Waals surface area contributed by atoms with E-state index in [1.807, 2.05) is 0 Å². The Hall–Kier alpha value is -1.16. The number of anilines is 2. The van der Waals surface area contributed by atoms with E-state index in [-0.39, 0.29) is 0 Å². The minimum atomic E-state index is 0.491. The highest BCUT2D eigenvalue weighted by molar-refractivity contribution is 6.36. The molecule has 4 heteroatoms. The summed E-state index contributed by atoms with van der Waals surface area (Å²) in [4.78, 5) is 0. The standard InChI is InChI=1S/C6H8BN3/c7-4-2-1-3-5(10-9)6(4)8/h1-3,10H,8-9H2. The molecule has 1 aromatic carbocycles. The first kappa shape index (κ1) is 6.96. The van der Waals surface area contributed by atoms with Crippen LogP contribution in [0.2, 0.25) is 0 Å². The maximum Gasteiger partial charge on any atom is 0.116 e. The monoisotopic (exact) mass is 133 g/mol. The van der Waals surface area contributed by atoms with Crippen LogP contribution in [-0.4, -0.2) is 7.85 Å². The SMILES string of the molecule is [B]c1cccc(NN)c1N. The van der Waals surface area contributed by atoms with Crippen molar-refractivity contribution in [3.05, 3.63) is 18.2 Å². The van der Waals surface area contributed by atoms with E-state index in [1.54, 1.807) is 18.2 Å². The largest absolute Gasteiger partial charge is 0.397 e. The van der Waals surface area contributed by atoms with Crippen LogP contribution in [0.25, 0.3) is 0 Å². The van der Waals surface area contributed by atoms with Crippen molar-refractivity contribution in [2.24, 2.45) is 5.84 Å². The molecule has 0 heterocycles. The molecule has 0 amide bonds. The van der Waals surface area contributed by atoms with Crippen molar-refractivity contribution < 1.29 is 0 Å². The third kappa shape index (κ3) is 1.06. The van der Waals surface area contributed by atoms with Crippen LogP contribution < -0.4 is 22.5 Å². The first-order chi connectivity index (χ1) is 4.75. The lowest BCUT2D eigenvalue weighted by Crippen LogP contribution is -2.15. The molecule has 0 saturated heterocycles. The average molecular weight is 133 g/mol. The molecular formula is C6H8BN3. The molecule has 3 nitrogen and oxygen atoms in total. The van der Waals surface area contributed by atoms with Crippen LogP contribution in [0.5, 0.6) is 0 Å². The molecule has 0 fully saturated rings. The lowest BCUT2D eigenvalue weighted by molar-refractivity contribution is 1.36. The number of nitrogens with one attached hydrogen (secondary N) is 1. The molecule has 2 radical (unpaired) electrons. The van der Waals surface area contributed by atoms with E-state index in [1.165, 1.54) is 0 Å². The number of hydrazine groups is 1. The fraction of sp³-hybridized carbons (Fsp3) is 0. The van der Waals surface area contributed by atoms with Gasteiger partial charge in [0.15, 0.2) is 0 Å². The fourth-order valence-electron chi connectivity index (χ4n) is 0.709. The molecule has 0 atom stereocenters. The van der Waals surface area contributed by atoms with Gasteiger partial charge in [0.25, 0.3) is 0 Å². The predicted molar refractivity (Wildman–Crippen MR) is 44.1 cm³/mol. The van der Waals surface area contributed by atoms with Gasteiger partial charge in [0.2, 0.25) is 0 Å². The van der Waals surface area contributed by atoms with Crippen molar-refractivity contribution in [3.63, 3.8) is 0 Å². The Labute approximate surface area is 60.8 Å². The molecule has 0 bridgehead atoms. The second-order valence-electron chi connectivity index (χ2n) is 1.95. The van der Waals surface area contributed by atoms with Gasteiger partial charge in [-0.2, -0.15) is 0 Å². The zero-order valence-corrected chi connectivity index (χ0v) is 5.46. The van der Waals surface area contributed by atoms with E-state index < -0.39 is 0 Å². The van der Waals surface area contributed by atoms with E-state index >= 15 is 0 Å². The van der Waals surface area contributed by atoms with Crippen molar-refractivity contribution in [2.45, 2.75) is 0 Å². The van der Waals surface area contributed by atoms with Crippen LogP contribution in [0, 0.1) is 0 Å². The topological polar surface area (TPSA) is 64.1 Å². The van der Waals surface area contributed by atoms with Crippen LogP contribution in [0.1, 0.15) is 0 Å². The number of nitrogen functional groups attached to an aromatic ring is 2. The van der Waals surface area contributed by atoms with Gasteiger partial charge in [-0.3, -0.25) is 5.84 Å². The molecule has 50 valence electrons. The molecule has 10 heavy (non-hydrogen) atoms. The van der Waals surface area contributed by atoms with Crippen LogP contribution in [0.3, 0.4) is 0 Å². The number of nitrogens with two attached hydrogens (primary N) is 2. The number of para-hydroxylation sites is 1. The fourth-order valence-corrected chi connectivity index (χ4v) is 0.709. The lowest BCUT2D eigenvalue weighted by atomic mass is 9.94. The molecule has 0 saturated carbocycles. The first-order valence-electron chi connectivity index (χ1n) is 2.86. The highest BCUT2D eigenvalue weighted by atomic mass is 15.2. The third-order valence-electron chi connectivity index (χ3n) is 1.30. The molecule has 0 aromatic heterocycles. The Morgan fingerprint density at radius 1 is 1.40 bits per heavy atom. The summed E-state index contributed by atoms with van der Waals surface area (Å²) in [5, 5.41) is 0. The van der Waals surface area contributed by atoms with Crippen LogP contribution in [0.4, 0.5) is 11.4 Å². The Balaban J connectivity index is 3.14. The molecule has 1 aromatic rings. The third-order valence-corrected chi connectivity index (χ3v) is 1.30. The normalized spacial score (nSPS) is 9.30. The number of benzene rings is 1. The smallest absolute Gasteiger partial charge is 0.116 e. The number of hydrogen-bond acceptors (Lipinski definition) is 3. The Kier molecular flexibility index (Phi) is 1.82. The lowest BCUT2D eigenvalue weighted by Gasteiger charge is -2.05. The molecule has 0 aliphatic carbocycles. The summed E-state index contributed by atoms with van der Waals surface area (Å²) >= 11 is 0. The second kappa shape index (κ2) is 2.62. The van der Waals surface area contributed by atoms with Crippen molar-refractivity contribution in [1.29, 1.82) is 0 Å².